The van der Waals surface area contributed by atoms with E-state index in [2.05, 4.69) is 30.7 Å². The highest BCUT2D eigenvalue weighted by molar-refractivity contribution is 5.97. The van der Waals surface area contributed by atoms with Gasteiger partial charge >= 0.3 is 0 Å². The van der Waals surface area contributed by atoms with Gasteiger partial charge in [0, 0.05) is 18.0 Å². The minimum absolute atomic E-state index is 0.134. The number of carbonyl (C=O) groups excluding carboxylic acids is 1. The van der Waals surface area contributed by atoms with Crippen molar-refractivity contribution in [3.8, 4) is 0 Å². The molecule has 2 aromatic heterocycles. The van der Waals surface area contributed by atoms with Crippen molar-refractivity contribution in [3.63, 3.8) is 0 Å². The second-order valence-corrected chi connectivity index (χ2v) is 4.44. The summed E-state index contributed by atoms with van der Waals surface area (Å²) in [5.74, 6) is 0.599. The molecule has 1 unspecified atom stereocenters. The Morgan fingerprint density at radius 2 is 2.20 bits per heavy atom. The molecule has 0 fully saturated rings. The Morgan fingerprint density at radius 3 is 2.95 bits per heavy atom. The summed E-state index contributed by atoms with van der Waals surface area (Å²) in [7, 11) is 0. The van der Waals surface area contributed by atoms with Crippen LogP contribution in [0.3, 0.4) is 0 Å². The molecule has 2 heterocycles. The van der Waals surface area contributed by atoms with Crippen LogP contribution in [0.1, 0.15) is 35.6 Å². The van der Waals surface area contributed by atoms with E-state index < -0.39 is 0 Å². The quantitative estimate of drug-likeness (QED) is 0.670. The minimum atomic E-state index is -0.154. The van der Waals surface area contributed by atoms with Crippen molar-refractivity contribution in [2.24, 2.45) is 0 Å². The zero-order valence-corrected chi connectivity index (χ0v) is 10.9. The van der Waals surface area contributed by atoms with Crippen LogP contribution in [0.15, 0.2) is 30.6 Å². The zero-order chi connectivity index (χ0) is 13.9. The number of aromatic amines is 2. The summed E-state index contributed by atoms with van der Waals surface area (Å²) in [6.07, 6.45) is 4.17. The monoisotopic (exact) mass is 270 g/mol. The molecule has 0 saturated carbocycles. The van der Waals surface area contributed by atoms with E-state index in [4.69, 9.17) is 0 Å². The van der Waals surface area contributed by atoms with E-state index in [9.17, 15) is 4.79 Å². The van der Waals surface area contributed by atoms with Crippen LogP contribution in [0.2, 0.25) is 0 Å². The third-order valence-electron chi connectivity index (χ3n) is 3.14. The number of hydrogen-bond donors (Lipinski definition) is 3. The van der Waals surface area contributed by atoms with Crippen LogP contribution < -0.4 is 5.32 Å². The maximum Gasteiger partial charge on any atom is 0.251 e. The van der Waals surface area contributed by atoms with Crippen molar-refractivity contribution in [1.82, 2.24) is 30.7 Å². The van der Waals surface area contributed by atoms with Crippen LogP contribution in [-0.4, -0.2) is 31.3 Å². The molecule has 0 saturated heterocycles. The van der Waals surface area contributed by atoms with Gasteiger partial charge in [-0.3, -0.25) is 4.79 Å². The Kier molecular flexibility index (Phi) is 3.16. The van der Waals surface area contributed by atoms with E-state index >= 15 is 0 Å². The van der Waals surface area contributed by atoms with Crippen LogP contribution in [0.4, 0.5) is 0 Å². The van der Waals surface area contributed by atoms with Crippen LogP contribution in [0.5, 0.6) is 0 Å². The first kappa shape index (κ1) is 12.3. The lowest BCUT2D eigenvalue weighted by molar-refractivity contribution is 0.0934. The normalized spacial score (nSPS) is 12.4. The van der Waals surface area contributed by atoms with E-state index in [1.807, 2.05) is 6.92 Å². The standard InChI is InChI=1S/C13H14N6O/c1-2-9(12-14-5-6-15-12)16-13(20)8-3-4-10-11(7-8)18-19-17-10/h3-7,9H,2H2,1H3,(H,14,15)(H,16,20)(H,17,18,19). The third kappa shape index (κ3) is 2.25. The van der Waals surface area contributed by atoms with E-state index in [0.717, 1.165) is 17.8 Å². The fourth-order valence-electron chi connectivity index (χ4n) is 2.05. The fraction of sp³-hybridized carbons (Fsp3) is 0.231. The van der Waals surface area contributed by atoms with Gasteiger partial charge in [0.1, 0.15) is 16.9 Å². The summed E-state index contributed by atoms with van der Waals surface area (Å²) in [6.45, 7) is 1.99. The Labute approximate surface area is 114 Å². The lowest BCUT2D eigenvalue weighted by Gasteiger charge is -2.14. The number of nitrogens with zero attached hydrogens (tertiary/aromatic N) is 3. The first-order chi connectivity index (χ1) is 9.78. The summed E-state index contributed by atoms with van der Waals surface area (Å²) in [6, 6.07) is 5.07. The Hall–Kier alpha value is -2.70. The largest absolute Gasteiger partial charge is 0.347 e. The van der Waals surface area contributed by atoms with Crippen LogP contribution in [0, 0.1) is 0 Å². The molecule has 7 heteroatoms. The number of nitrogens with one attached hydrogen (secondary N) is 3. The van der Waals surface area contributed by atoms with Gasteiger partial charge in [-0.15, -0.1) is 0 Å². The smallest absolute Gasteiger partial charge is 0.251 e. The SMILES string of the molecule is CCC(NC(=O)c1ccc2n[nH]nc2c1)c1ncc[nH]1. The molecule has 102 valence electrons. The molecule has 3 N–H and O–H groups in total. The molecule has 1 aromatic carbocycles. The number of amides is 1. The third-order valence-corrected chi connectivity index (χ3v) is 3.14. The molecule has 20 heavy (non-hydrogen) atoms. The van der Waals surface area contributed by atoms with Crippen molar-refractivity contribution in [3.05, 3.63) is 42.0 Å². The summed E-state index contributed by atoms with van der Waals surface area (Å²) in [5.41, 5.74) is 1.96. The van der Waals surface area contributed by atoms with Gasteiger partial charge in [0.15, 0.2) is 0 Å². The van der Waals surface area contributed by atoms with Crippen LogP contribution in [-0.2, 0) is 0 Å². The topological polar surface area (TPSA) is 99.3 Å². The first-order valence-corrected chi connectivity index (χ1v) is 6.38. The van der Waals surface area contributed by atoms with Gasteiger partial charge < -0.3 is 10.3 Å². The molecule has 0 spiro atoms. The molecular formula is C13H14N6O. The highest BCUT2D eigenvalue weighted by atomic mass is 16.1. The van der Waals surface area contributed by atoms with Crippen molar-refractivity contribution in [1.29, 1.82) is 0 Å². The predicted octanol–water partition coefficient (Wildman–Crippen LogP) is 1.56. The molecule has 1 atom stereocenters. The number of H-pyrrole nitrogens is 2. The second-order valence-electron chi connectivity index (χ2n) is 4.44. The summed E-state index contributed by atoms with van der Waals surface area (Å²) in [4.78, 5) is 19.5. The Balaban J connectivity index is 1.81. The van der Waals surface area contributed by atoms with E-state index in [1.54, 1.807) is 30.6 Å². The number of imidazole rings is 1. The maximum absolute atomic E-state index is 12.3. The number of hydrogen-bond acceptors (Lipinski definition) is 4. The van der Waals surface area contributed by atoms with Gasteiger partial charge in [0.2, 0.25) is 0 Å². The molecular weight excluding hydrogens is 256 g/mol. The van der Waals surface area contributed by atoms with E-state index in [-0.39, 0.29) is 11.9 Å². The average molecular weight is 270 g/mol. The molecule has 3 aromatic rings. The lowest BCUT2D eigenvalue weighted by atomic mass is 10.1. The Bertz CT molecular complexity index is 717. The van der Waals surface area contributed by atoms with Crippen LogP contribution in [0.25, 0.3) is 11.0 Å². The number of rotatable bonds is 4. The van der Waals surface area contributed by atoms with Gasteiger partial charge in [0.05, 0.1) is 6.04 Å². The molecule has 0 radical (unpaired) electrons. The first-order valence-electron chi connectivity index (χ1n) is 6.38. The Morgan fingerprint density at radius 1 is 1.35 bits per heavy atom. The molecule has 0 aliphatic heterocycles. The van der Waals surface area contributed by atoms with E-state index in [1.165, 1.54) is 0 Å². The summed E-state index contributed by atoms with van der Waals surface area (Å²) < 4.78 is 0. The molecule has 3 rings (SSSR count). The average Bonchev–Trinajstić information content (AvgIpc) is 3.14. The van der Waals surface area contributed by atoms with Crippen molar-refractivity contribution in [2.75, 3.05) is 0 Å². The van der Waals surface area contributed by atoms with Crippen molar-refractivity contribution < 1.29 is 4.79 Å². The maximum atomic E-state index is 12.3. The molecule has 1 amide bonds. The fourth-order valence-corrected chi connectivity index (χ4v) is 2.05. The highest BCUT2D eigenvalue weighted by Crippen LogP contribution is 2.15. The predicted molar refractivity (Wildman–Crippen MR) is 73.0 cm³/mol. The van der Waals surface area contributed by atoms with Gasteiger partial charge in [-0.1, -0.05) is 6.92 Å². The van der Waals surface area contributed by atoms with Gasteiger partial charge in [0.25, 0.3) is 5.91 Å². The molecule has 0 bridgehead atoms. The summed E-state index contributed by atoms with van der Waals surface area (Å²) in [5, 5.41) is 13.4. The zero-order valence-electron chi connectivity index (χ0n) is 10.9. The highest BCUT2D eigenvalue weighted by Gasteiger charge is 2.16. The van der Waals surface area contributed by atoms with Gasteiger partial charge in [-0.25, -0.2) is 4.98 Å². The second kappa shape index (κ2) is 5.12. The number of benzene rings is 1. The molecule has 0 aliphatic carbocycles. The molecule has 0 aliphatic rings. The van der Waals surface area contributed by atoms with Gasteiger partial charge in [-0.2, -0.15) is 15.4 Å². The lowest BCUT2D eigenvalue weighted by Crippen LogP contribution is -2.28. The number of aromatic nitrogens is 5. The summed E-state index contributed by atoms with van der Waals surface area (Å²) >= 11 is 0. The van der Waals surface area contributed by atoms with Gasteiger partial charge in [-0.05, 0) is 24.6 Å². The van der Waals surface area contributed by atoms with E-state index in [0.29, 0.717) is 11.1 Å². The number of fused-ring (bicyclic) bond motifs is 1. The number of carbonyl (C=O) groups is 1. The van der Waals surface area contributed by atoms with Crippen molar-refractivity contribution in [2.45, 2.75) is 19.4 Å². The molecule has 7 nitrogen and oxygen atoms in total. The minimum Gasteiger partial charge on any atom is -0.347 e. The van der Waals surface area contributed by atoms with Crippen LogP contribution >= 0.6 is 0 Å². The van der Waals surface area contributed by atoms with Crippen molar-refractivity contribution >= 4 is 16.9 Å².